The van der Waals surface area contributed by atoms with Gasteiger partial charge in [-0.15, -0.1) is 0 Å². The van der Waals surface area contributed by atoms with Crippen LogP contribution in [-0.2, 0) is 18.9 Å². The van der Waals surface area contributed by atoms with Gasteiger partial charge in [0.2, 0.25) is 6.29 Å². The van der Waals surface area contributed by atoms with E-state index in [1.807, 2.05) is 0 Å². The maximum atomic E-state index is 10.9. The summed E-state index contributed by atoms with van der Waals surface area (Å²) in [4.78, 5) is 0. The molecule has 0 unspecified atom stereocenters. The fourth-order valence-electron chi connectivity index (χ4n) is 4.15. The van der Waals surface area contributed by atoms with E-state index in [4.69, 9.17) is 18.9 Å². The lowest BCUT2D eigenvalue weighted by Gasteiger charge is -2.46. The summed E-state index contributed by atoms with van der Waals surface area (Å²) >= 11 is 0. The van der Waals surface area contributed by atoms with Gasteiger partial charge in [-0.3, -0.25) is 0 Å². The van der Waals surface area contributed by atoms with E-state index in [0.717, 1.165) is 0 Å². The second-order valence-electron chi connectivity index (χ2n) is 7.21. The van der Waals surface area contributed by atoms with Crippen LogP contribution in [-0.4, -0.2) is 97.7 Å². The summed E-state index contributed by atoms with van der Waals surface area (Å²) in [5.41, 5.74) is -2.96. The van der Waals surface area contributed by atoms with Crippen molar-refractivity contribution < 1.29 is 49.6 Å². The monoisotopic (exact) mass is 362 g/mol. The van der Waals surface area contributed by atoms with Crippen LogP contribution in [0.4, 0.5) is 0 Å². The molecule has 10 nitrogen and oxygen atoms in total. The Labute approximate surface area is 142 Å². The van der Waals surface area contributed by atoms with Crippen molar-refractivity contribution >= 4 is 0 Å². The molecular weight excluding hydrogens is 340 g/mol. The van der Waals surface area contributed by atoms with Crippen molar-refractivity contribution in [2.45, 2.75) is 67.3 Å². The molecule has 3 heterocycles. The third kappa shape index (κ3) is 2.37. The third-order valence-electron chi connectivity index (χ3n) is 5.59. The average molecular weight is 362 g/mol. The number of hydrogen-bond donors (Lipinski definition) is 6. The lowest BCUT2D eigenvalue weighted by atomic mass is 9.80. The molecule has 0 bridgehead atoms. The molecular formula is C15H22O10. The fraction of sp³-hybridized carbons (Fsp3) is 0.867. The summed E-state index contributed by atoms with van der Waals surface area (Å²) in [6.45, 7) is 0.895. The maximum Gasteiger partial charge on any atom is 0.210 e. The van der Waals surface area contributed by atoms with Crippen molar-refractivity contribution in [3.8, 4) is 0 Å². The summed E-state index contributed by atoms with van der Waals surface area (Å²) in [6, 6.07) is 0. The zero-order chi connectivity index (χ0) is 18.1. The Morgan fingerprint density at radius 3 is 2.40 bits per heavy atom. The van der Waals surface area contributed by atoms with E-state index in [9.17, 15) is 30.6 Å². The molecule has 0 aromatic rings. The van der Waals surface area contributed by atoms with Crippen LogP contribution in [0.25, 0.3) is 0 Å². The molecule has 25 heavy (non-hydrogen) atoms. The normalized spacial score (nSPS) is 59.9. The highest BCUT2D eigenvalue weighted by Gasteiger charge is 2.77. The Morgan fingerprint density at radius 1 is 1.00 bits per heavy atom. The first-order valence-electron chi connectivity index (χ1n) is 8.11. The molecule has 3 fully saturated rings. The molecule has 4 aliphatic rings. The van der Waals surface area contributed by atoms with Gasteiger partial charge in [0.05, 0.1) is 18.8 Å². The highest BCUT2D eigenvalue weighted by Crippen LogP contribution is 2.58. The summed E-state index contributed by atoms with van der Waals surface area (Å²) in [7, 11) is 0. The van der Waals surface area contributed by atoms with Crippen molar-refractivity contribution in [1.82, 2.24) is 0 Å². The molecule has 142 valence electrons. The van der Waals surface area contributed by atoms with Crippen molar-refractivity contribution in [2.24, 2.45) is 5.92 Å². The molecule has 0 aromatic carbocycles. The van der Waals surface area contributed by atoms with Gasteiger partial charge in [-0.2, -0.15) is 0 Å². The van der Waals surface area contributed by atoms with Crippen LogP contribution in [0.15, 0.2) is 12.3 Å². The van der Waals surface area contributed by atoms with Gasteiger partial charge in [0.25, 0.3) is 0 Å². The number of rotatable bonds is 3. The van der Waals surface area contributed by atoms with Gasteiger partial charge in [-0.25, -0.2) is 0 Å². The van der Waals surface area contributed by atoms with Gasteiger partial charge in [-0.05, 0) is 13.0 Å². The Morgan fingerprint density at radius 2 is 1.72 bits per heavy atom. The number of fused-ring (bicyclic) bond motifs is 3. The van der Waals surface area contributed by atoms with Gasteiger partial charge in [0, 0.05) is 0 Å². The topological polar surface area (TPSA) is 162 Å². The lowest BCUT2D eigenvalue weighted by molar-refractivity contribution is -0.354. The second kappa shape index (κ2) is 5.59. The zero-order valence-corrected chi connectivity index (χ0v) is 13.4. The predicted molar refractivity (Wildman–Crippen MR) is 76.6 cm³/mol. The van der Waals surface area contributed by atoms with Crippen molar-refractivity contribution in [3.05, 3.63) is 12.3 Å². The van der Waals surface area contributed by atoms with Crippen LogP contribution in [0.1, 0.15) is 6.92 Å². The minimum Gasteiger partial charge on any atom is -0.472 e. The second-order valence-corrected chi connectivity index (χ2v) is 7.21. The first-order valence-corrected chi connectivity index (χ1v) is 8.11. The SMILES string of the molecule is C[C@@]1(O)[C@H]2[C@H](O[C@H]3O[C@H](CO)[C@@H](O)[C@H](O)[C@@H]3O)OC=C[C@]2(O)[C@@H]2O[C@@H]21. The summed E-state index contributed by atoms with van der Waals surface area (Å²) in [5.74, 6) is -0.930. The molecule has 6 N–H and O–H groups in total. The highest BCUT2D eigenvalue weighted by atomic mass is 16.8. The largest absolute Gasteiger partial charge is 0.472 e. The summed E-state index contributed by atoms with van der Waals surface area (Å²) in [6.07, 6.45) is -7.08. The molecule has 0 radical (unpaired) electrons. The summed E-state index contributed by atoms with van der Waals surface area (Å²) < 4.78 is 21.5. The van der Waals surface area contributed by atoms with Gasteiger partial charge in [0.15, 0.2) is 6.29 Å². The van der Waals surface area contributed by atoms with Gasteiger partial charge in [0.1, 0.15) is 47.8 Å². The average Bonchev–Trinajstić information content (AvgIpc) is 3.34. The standard InChI is InChI=1S/C15H22O10/c1-14(20)9-13(22-3-2-15(9,21)11-10(14)24-11)25-12-8(19)7(18)6(17)5(4-16)23-12/h2-3,5-13,16-21H,4H2,1H3/t5-,6-,7+,8+,9-,10+,11-,12-,13+,14-,15-/m1/s1. The van der Waals surface area contributed by atoms with Crippen LogP contribution < -0.4 is 0 Å². The maximum absolute atomic E-state index is 10.9. The zero-order valence-electron chi connectivity index (χ0n) is 13.4. The van der Waals surface area contributed by atoms with E-state index >= 15 is 0 Å². The summed E-state index contributed by atoms with van der Waals surface area (Å²) in [5, 5.41) is 60.5. The van der Waals surface area contributed by atoms with E-state index in [0.29, 0.717) is 0 Å². The first kappa shape index (κ1) is 17.6. The van der Waals surface area contributed by atoms with Crippen LogP contribution in [0.2, 0.25) is 0 Å². The third-order valence-corrected chi connectivity index (χ3v) is 5.59. The smallest absolute Gasteiger partial charge is 0.210 e. The molecule has 0 spiro atoms. The Bertz CT molecular complexity index is 565. The molecule has 2 saturated heterocycles. The molecule has 3 aliphatic heterocycles. The van der Waals surface area contributed by atoms with Gasteiger partial charge >= 0.3 is 0 Å². The van der Waals surface area contributed by atoms with Gasteiger partial charge < -0.3 is 49.6 Å². The molecule has 0 amide bonds. The van der Waals surface area contributed by atoms with Gasteiger partial charge in [-0.1, -0.05) is 0 Å². The lowest BCUT2D eigenvalue weighted by Crippen LogP contribution is -2.62. The van der Waals surface area contributed by atoms with E-state index in [-0.39, 0.29) is 0 Å². The number of aliphatic hydroxyl groups is 6. The minimum atomic E-state index is -1.61. The highest BCUT2D eigenvalue weighted by molar-refractivity contribution is 5.30. The van der Waals surface area contributed by atoms with Crippen LogP contribution >= 0.6 is 0 Å². The molecule has 4 rings (SSSR count). The van der Waals surface area contributed by atoms with E-state index < -0.39 is 72.9 Å². The number of hydrogen-bond acceptors (Lipinski definition) is 10. The van der Waals surface area contributed by atoms with Crippen LogP contribution in [0.5, 0.6) is 0 Å². The molecule has 1 aliphatic carbocycles. The Hall–Kier alpha value is -0.820. The predicted octanol–water partition coefficient (Wildman–Crippen LogP) is -3.45. The first-order chi connectivity index (χ1) is 11.7. The van der Waals surface area contributed by atoms with E-state index in [2.05, 4.69) is 0 Å². The van der Waals surface area contributed by atoms with E-state index in [1.165, 1.54) is 19.3 Å². The molecule has 1 saturated carbocycles. The fourth-order valence-corrected chi connectivity index (χ4v) is 4.15. The molecule has 10 heteroatoms. The van der Waals surface area contributed by atoms with Crippen molar-refractivity contribution in [2.75, 3.05) is 6.61 Å². The van der Waals surface area contributed by atoms with Crippen molar-refractivity contribution in [3.63, 3.8) is 0 Å². The van der Waals surface area contributed by atoms with Crippen molar-refractivity contribution in [1.29, 1.82) is 0 Å². The Balaban J connectivity index is 1.55. The quantitative estimate of drug-likeness (QED) is 0.278. The van der Waals surface area contributed by atoms with Crippen LogP contribution in [0.3, 0.4) is 0 Å². The molecule has 11 atom stereocenters. The number of epoxide rings is 1. The minimum absolute atomic E-state index is 0.574. The van der Waals surface area contributed by atoms with E-state index in [1.54, 1.807) is 0 Å². The van der Waals surface area contributed by atoms with Crippen LogP contribution in [0, 0.1) is 5.92 Å². The molecule has 0 aromatic heterocycles. The number of ether oxygens (including phenoxy) is 4. The Kier molecular flexibility index (Phi) is 3.93. The number of aliphatic hydroxyl groups excluding tert-OH is 4.